The second-order valence-electron chi connectivity index (χ2n) is 10.3. The Morgan fingerprint density at radius 1 is 1.14 bits per heavy atom. The third-order valence-electron chi connectivity index (χ3n) is 7.30. The lowest BCUT2D eigenvalue weighted by atomic mass is 10.1. The van der Waals surface area contributed by atoms with Crippen molar-refractivity contribution in [2.45, 2.75) is 31.5 Å². The largest absolute Gasteiger partial charge is 0.377 e. The summed E-state index contributed by atoms with van der Waals surface area (Å²) < 4.78 is 6.78. The Hall–Kier alpha value is -4.51. The van der Waals surface area contributed by atoms with Crippen LogP contribution in [0.1, 0.15) is 24.0 Å². The number of anilines is 3. The predicted octanol–water partition coefficient (Wildman–Crippen LogP) is 3.30. The van der Waals surface area contributed by atoms with Gasteiger partial charge in [-0.25, -0.2) is 24.8 Å². The van der Waals surface area contributed by atoms with Gasteiger partial charge < -0.3 is 20.7 Å². The maximum atomic E-state index is 13.6. The number of pyridine rings is 1. The molecule has 2 fully saturated rings. The molecule has 13 nitrogen and oxygen atoms in total. The Kier molecular flexibility index (Phi) is 8.00. The number of benzene rings is 1. The lowest BCUT2D eigenvalue weighted by Crippen LogP contribution is -2.55. The Morgan fingerprint density at radius 3 is 2.64 bits per heavy atom. The highest BCUT2D eigenvalue weighted by Crippen LogP contribution is 2.28. The molecule has 0 aliphatic carbocycles. The maximum absolute atomic E-state index is 13.6. The van der Waals surface area contributed by atoms with Crippen LogP contribution in [0.3, 0.4) is 0 Å². The fourth-order valence-corrected chi connectivity index (χ4v) is 5.14. The second kappa shape index (κ2) is 12.2. The van der Waals surface area contributed by atoms with Crippen LogP contribution in [0.25, 0.3) is 11.0 Å². The standard InChI is InChI=1S/C28H30ClN11O2/c1-38-24(29)23-11-22(15-31-26(23)37-38)40(28(41)33-13-18-5-3-2-4-6-18)39-9-7-20(8-10-39)35-27-32-14-19(12-30)25(36-27)34-21-16-42-17-21/h2-6,11,14-15,20-21H,7-10,13,16-17H2,1H3,(H,33,41)(H2,32,34,35,36). The first-order valence-corrected chi connectivity index (χ1v) is 14.1. The number of hydrogen-bond donors (Lipinski definition) is 3. The molecule has 0 bridgehead atoms. The number of halogens is 1. The van der Waals surface area contributed by atoms with Gasteiger partial charge in [0.25, 0.3) is 0 Å². The third kappa shape index (κ3) is 5.91. The van der Waals surface area contributed by atoms with Gasteiger partial charge in [-0.3, -0.25) is 4.68 Å². The zero-order valence-corrected chi connectivity index (χ0v) is 23.8. The lowest BCUT2D eigenvalue weighted by Gasteiger charge is -2.39. The van der Waals surface area contributed by atoms with Crippen molar-refractivity contribution in [3.8, 4) is 6.07 Å². The molecule has 2 aliphatic heterocycles. The van der Waals surface area contributed by atoms with Crippen molar-refractivity contribution in [1.29, 1.82) is 5.26 Å². The molecule has 0 atom stereocenters. The zero-order valence-electron chi connectivity index (χ0n) is 23.0. The van der Waals surface area contributed by atoms with Crippen molar-refractivity contribution in [1.82, 2.24) is 35.1 Å². The van der Waals surface area contributed by atoms with Gasteiger partial charge in [0.05, 0.1) is 42.7 Å². The molecule has 0 unspecified atom stereocenters. The molecular formula is C28H30ClN11O2. The van der Waals surface area contributed by atoms with Crippen LogP contribution in [0.2, 0.25) is 5.15 Å². The summed E-state index contributed by atoms with van der Waals surface area (Å²) >= 11 is 6.47. The Bertz CT molecular complexity index is 1610. The molecule has 0 spiro atoms. The van der Waals surface area contributed by atoms with Crippen molar-refractivity contribution < 1.29 is 9.53 Å². The van der Waals surface area contributed by atoms with Crippen LogP contribution in [0.15, 0.2) is 48.8 Å². The summed E-state index contributed by atoms with van der Waals surface area (Å²) in [7, 11) is 1.75. The number of fused-ring (bicyclic) bond motifs is 1. The average Bonchev–Trinajstić information content (AvgIpc) is 3.28. The number of rotatable bonds is 8. The van der Waals surface area contributed by atoms with Crippen LogP contribution in [0.4, 0.5) is 22.2 Å². The Labute approximate surface area is 247 Å². The third-order valence-corrected chi connectivity index (χ3v) is 7.75. The maximum Gasteiger partial charge on any atom is 0.337 e. The number of nitriles is 1. The minimum absolute atomic E-state index is 0.0803. The van der Waals surface area contributed by atoms with Crippen LogP contribution >= 0.6 is 11.6 Å². The van der Waals surface area contributed by atoms with Gasteiger partial charge in [0.1, 0.15) is 22.6 Å². The molecule has 42 heavy (non-hydrogen) atoms. The first-order valence-electron chi connectivity index (χ1n) is 13.7. The number of piperidine rings is 1. The SMILES string of the molecule is Cn1nc2ncc(N(C(=O)NCc3ccccc3)N3CCC(Nc4ncc(C#N)c(NC5COC5)n4)CC3)cc2c1Cl. The first-order chi connectivity index (χ1) is 20.5. The van der Waals surface area contributed by atoms with E-state index in [2.05, 4.69) is 42.1 Å². The van der Waals surface area contributed by atoms with E-state index in [4.69, 9.17) is 16.3 Å². The van der Waals surface area contributed by atoms with Crippen molar-refractivity contribution in [2.24, 2.45) is 7.05 Å². The summed E-state index contributed by atoms with van der Waals surface area (Å²) in [4.78, 5) is 27.0. The number of nitrogens with one attached hydrogen (secondary N) is 3. The number of ether oxygens (including phenoxy) is 1. The van der Waals surface area contributed by atoms with Gasteiger partial charge in [-0.15, -0.1) is 0 Å². The van der Waals surface area contributed by atoms with Gasteiger partial charge in [-0.05, 0) is 24.5 Å². The van der Waals surface area contributed by atoms with Crippen molar-refractivity contribution >= 4 is 46.1 Å². The number of amides is 2. The topological polar surface area (TPSA) is 149 Å². The molecule has 2 saturated heterocycles. The highest BCUT2D eigenvalue weighted by atomic mass is 35.5. The summed E-state index contributed by atoms with van der Waals surface area (Å²) in [5.41, 5.74) is 2.50. The number of carbonyl (C=O) groups is 1. The molecule has 1 aromatic carbocycles. The van der Waals surface area contributed by atoms with Gasteiger partial charge in [-0.2, -0.15) is 15.3 Å². The van der Waals surface area contributed by atoms with E-state index in [1.165, 1.54) is 6.20 Å². The van der Waals surface area contributed by atoms with E-state index in [1.54, 1.807) is 22.9 Å². The van der Waals surface area contributed by atoms with Gasteiger partial charge in [0, 0.05) is 32.7 Å². The fourth-order valence-electron chi connectivity index (χ4n) is 4.96. The van der Waals surface area contributed by atoms with E-state index < -0.39 is 0 Å². The molecule has 0 saturated carbocycles. The molecular weight excluding hydrogens is 558 g/mol. The van der Waals surface area contributed by atoms with Crippen molar-refractivity contribution in [3.63, 3.8) is 0 Å². The molecule has 0 radical (unpaired) electrons. The summed E-state index contributed by atoms with van der Waals surface area (Å²) in [5.74, 6) is 0.951. The predicted molar refractivity (Wildman–Crippen MR) is 158 cm³/mol. The van der Waals surface area contributed by atoms with E-state index in [0.717, 1.165) is 18.4 Å². The number of hydrogen-bond acceptors (Lipinski definition) is 10. The van der Waals surface area contributed by atoms with E-state index in [-0.39, 0.29) is 18.1 Å². The van der Waals surface area contributed by atoms with Crippen molar-refractivity contribution in [3.05, 3.63) is 65.1 Å². The minimum atomic E-state index is -0.266. The zero-order chi connectivity index (χ0) is 29.1. The fraction of sp³-hybridized carbons (Fsp3) is 0.357. The smallest absolute Gasteiger partial charge is 0.337 e. The summed E-state index contributed by atoms with van der Waals surface area (Å²) in [6.07, 6.45) is 4.63. The monoisotopic (exact) mass is 587 g/mol. The van der Waals surface area contributed by atoms with E-state index >= 15 is 0 Å². The molecule has 2 amide bonds. The van der Waals surface area contributed by atoms with E-state index in [0.29, 0.717) is 72.1 Å². The van der Waals surface area contributed by atoms with Gasteiger partial charge in [-0.1, -0.05) is 41.9 Å². The van der Waals surface area contributed by atoms with Crippen molar-refractivity contribution in [2.75, 3.05) is 41.9 Å². The van der Waals surface area contributed by atoms with Crippen LogP contribution < -0.4 is 21.0 Å². The number of aromatic nitrogens is 5. The summed E-state index contributed by atoms with van der Waals surface area (Å²) in [6, 6.07) is 13.7. The van der Waals surface area contributed by atoms with Crippen LogP contribution in [-0.4, -0.2) is 74.2 Å². The highest BCUT2D eigenvalue weighted by molar-refractivity contribution is 6.34. The molecule has 216 valence electrons. The van der Waals surface area contributed by atoms with Gasteiger partial charge in [0.15, 0.2) is 5.65 Å². The highest BCUT2D eigenvalue weighted by Gasteiger charge is 2.30. The molecule has 14 heteroatoms. The number of aryl methyl sites for hydroxylation is 1. The Balaban J connectivity index is 1.17. The number of hydrazine groups is 1. The quantitative estimate of drug-likeness (QED) is 0.280. The molecule has 4 aromatic rings. The second-order valence-corrected chi connectivity index (χ2v) is 10.6. The average molecular weight is 588 g/mol. The minimum Gasteiger partial charge on any atom is -0.377 e. The molecule has 6 rings (SSSR count). The van der Waals surface area contributed by atoms with Crippen LogP contribution in [-0.2, 0) is 18.3 Å². The number of carbonyl (C=O) groups excluding carboxylic acids is 1. The molecule has 5 heterocycles. The Morgan fingerprint density at radius 2 is 1.93 bits per heavy atom. The van der Waals surface area contributed by atoms with E-state index in [9.17, 15) is 10.1 Å². The first kappa shape index (κ1) is 27.6. The summed E-state index contributed by atoms with van der Waals surface area (Å²) in [6.45, 7) is 2.74. The summed E-state index contributed by atoms with van der Waals surface area (Å²) in [5, 5.41) is 28.2. The lowest BCUT2D eigenvalue weighted by molar-refractivity contribution is 0.0209. The molecule has 3 aromatic heterocycles. The normalized spacial score (nSPS) is 16.0. The van der Waals surface area contributed by atoms with Crippen LogP contribution in [0, 0.1) is 11.3 Å². The number of urea groups is 1. The molecule has 2 aliphatic rings. The molecule has 3 N–H and O–H groups in total. The number of nitrogens with zero attached hydrogens (tertiary/aromatic N) is 8. The van der Waals surface area contributed by atoms with Gasteiger partial charge >= 0.3 is 6.03 Å². The van der Waals surface area contributed by atoms with E-state index in [1.807, 2.05) is 41.4 Å². The van der Waals surface area contributed by atoms with Crippen LogP contribution in [0.5, 0.6) is 0 Å². The van der Waals surface area contributed by atoms with Gasteiger partial charge in [0.2, 0.25) is 5.95 Å².